The maximum absolute atomic E-state index is 12.0. The van der Waals surface area contributed by atoms with Crippen LogP contribution in [0.2, 0.25) is 5.02 Å². The van der Waals surface area contributed by atoms with Crippen molar-refractivity contribution >= 4 is 28.8 Å². The number of carbonyl (C=O) groups excluding carboxylic acids is 1. The summed E-state index contributed by atoms with van der Waals surface area (Å²) in [6, 6.07) is 11.3. The van der Waals surface area contributed by atoms with Gasteiger partial charge in [-0.1, -0.05) is 29.8 Å². The van der Waals surface area contributed by atoms with E-state index in [0.717, 1.165) is 10.4 Å². The van der Waals surface area contributed by atoms with E-state index >= 15 is 0 Å². The van der Waals surface area contributed by atoms with Crippen LogP contribution in [-0.4, -0.2) is 17.9 Å². The zero-order valence-corrected chi connectivity index (χ0v) is 11.0. The topological polar surface area (TPSA) is 20.3 Å². The van der Waals surface area contributed by atoms with E-state index in [2.05, 4.69) is 0 Å². The van der Waals surface area contributed by atoms with Gasteiger partial charge in [0.2, 0.25) is 0 Å². The average Bonchev–Trinajstić information content (AvgIpc) is 2.84. The first-order valence-electron chi connectivity index (χ1n) is 5.20. The Bertz CT molecular complexity index is 493. The molecule has 0 bridgehead atoms. The first-order valence-corrected chi connectivity index (χ1v) is 6.46. The first-order chi connectivity index (χ1) is 8.16. The van der Waals surface area contributed by atoms with Crippen LogP contribution in [0.1, 0.15) is 15.2 Å². The lowest BCUT2D eigenvalue weighted by Crippen LogP contribution is -2.25. The van der Waals surface area contributed by atoms with Gasteiger partial charge in [0.25, 0.3) is 5.91 Å². The minimum Gasteiger partial charge on any atom is -0.337 e. The summed E-state index contributed by atoms with van der Waals surface area (Å²) in [5.74, 6) is 0.0509. The zero-order valence-electron chi connectivity index (χ0n) is 9.39. The van der Waals surface area contributed by atoms with Crippen LogP contribution in [0, 0.1) is 0 Å². The molecule has 17 heavy (non-hydrogen) atoms. The predicted octanol–water partition coefficient (Wildman–Crippen LogP) is 3.67. The van der Waals surface area contributed by atoms with E-state index in [0.29, 0.717) is 11.6 Å². The Morgan fingerprint density at radius 3 is 2.59 bits per heavy atom. The van der Waals surface area contributed by atoms with E-state index in [9.17, 15) is 4.79 Å². The highest BCUT2D eigenvalue weighted by Crippen LogP contribution is 2.14. The van der Waals surface area contributed by atoms with Crippen molar-refractivity contribution in [2.75, 3.05) is 7.05 Å². The second-order valence-corrected chi connectivity index (χ2v) is 5.15. The molecule has 0 aliphatic heterocycles. The number of thiophene rings is 1. The molecular weight excluding hydrogens is 254 g/mol. The van der Waals surface area contributed by atoms with Gasteiger partial charge < -0.3 is 4.90 Å². The molecule has 1 heterocycles. The quantitative estimate of drug-likeness (QED) is 0.829. The number of amides is 1. The van der Waals surface area contributed by atoms with Gasteiger partial charge in [-0.25, -0.2) is 0 Å². The van der Waals surface area contributed by atoms with Crippen LogP contribution >= 0.6 is 22.9 Å². The highest BCUT2D eigenvalue weighted by molar-refractivity contribution is 7.12. The highest BCUT2D eigenvalue weighted by atomic mass is 35.5. The Morgan fingerprint density at radius 2 is 2.00 bits per heavy atom. The van der Waals surface area contributed by atoms with Gasteiger partial charge in [-0.05, 0) is 29.1 Å². The highest BCUT2D eigenvalue weighted by Gasteiger charge is 2.12. The van der Waals surface area contributed by atoms with E-state index in [4.69, 9.17) is 11.6 Å². The van der Waals surface area contributed by atoms with E-state index in [1.54, 1.807) is 11.9 Å². The van der Waals surface area contributed by atoms with Crippen LogP contribution in [0.5, 0.6) is 0 Å². The molecule has 0 fully saturated rings. The van der Waals surface area contributed by atoms with Crippen LogP contribution < -0.4 is 0 Å². The third kappa shape index (κ3) is 3.08. The number of benzene rings is 1. The van der Waals surface area contributed by atoms with Crippen LogP contribution in [0.3, 0.4) is 0 Å². The number of hydrogen-bond acceptors (Lipinski definition) is 2. The third-order valence-electron chi connectivity index (χ3n) is 2.41. The molecule has 0 atom stereocenters. The molecule has 88 valence electrons. The van der Waals surface area contributed by atoms with Crippen molar-refractivity contribution < 1.29 is 4.79 Å². The third-order valence-corrected chi connectivity index (χ3v) is 3.52. The second kappa shape index (κ2) is 5.34. The summed E-state index contributed by atoms with van der Waals surface area (Å²) in [6.07, 6.45) is 0. The van der Waals surface area contributed by atoms with Gasteiger partial charge in [-0.2, -0.15) is 0 Å². The van der Waals surface area contributed by atoms with Crippen molar-refractivity contribution in [3.05, 3.63) is 57.2 Å². The SMILES string of the molecule is CN(Cc1ccc(Cl)cc1)C(=O)c1cccs1. The first kappa shape index (κ1) is 12.1. The molecule has 0 saturated heterocycles. The molecule has 0 N–H and O–H groups in total. The summed E-state index contributed by atoms with van der Waals surface area (Å²) in [5.41, 5.74) is 1.07. The van der Waals surface area contributed by atoms with Crippen LogP contribution in [0.15, 0.2) is 41.8 Å². The van der Waals surface area contributed by atoms with Gasteiger partial charge in [-0.15, -0.1) is 11.3 Å². The van der Waals surface area contributed by atoms with Crippen LogP contribution in [0.4, 0.5) is 0 Å². The Morgan fingerprint density at radius 1 is 1.29 bits per heavy atom. The smallest absolute Gasteiger partial charge is 0.263 e. The van der Waals surface area contributed by atoms with E-state index in [-0.39, 0.29) is 5.91 Å². The van der Waals surface area contributed by atoms with Crippen molar-refractivity contribution in [3.8, 4) is 0 Å². The van der Waals surface area contributed by atoms with Gasteiger partial charge >= 0.3 is 0 Å². The molecule has 2 rings (SSSR count). The monoisotopic (exact) mass is 265 g/mol. The van der Waals surface area contributed by atoms with Crippen LogP contribution in [0.25, 0.3) is 0 Å². The van der Waals surface area contributed by atoms with Gasteiger partial charge in [0.05, 0.1) is 4.88 Å². The summed E-state index contributed by atoms with van der Waals surface area (Å²) in [6.45, 7) is 0.591. The summed E-state index contributed by atoms with van der Waals surface area (Å²) in [7, 11) is 1.80. The number of nitrogens with zero attached hydrogens (tertiary/aromatic N) is 1. The van der Waals surface area contributed by atoms with Crippen molar-refractivity contribution in [3.63, 3.8) is 0 Å². The van der Waals surface area contributed by atoms with E-state index < -0.39 is 0 Å². The second-order valence-electron chi connectivity index (χ2n) is 3.76. The number of hydrogen-bond donors (Lipinski definition) is 0. The Labute approximate surface area is 109 Å². The molecule has 0 radical (unpaired) electrons. The fourth-order valence-corrected chi connectivity index (χ4v) is 2.37. The molecule has 0 aliphatic rings. The molecule has 2 aromatic rings. The van der Waals surface area contributed by atoms with Crippen LogP contribution in [-0.2, 0) is 6.54 Å². The molecule has 0 spiro atoms. The molecule has 0 saturated carbocycles. The summed E-state index contributed by atoms with van der Waals surface area (Å²) in [5, 5.41) is 2.62. The largest absolute Gasteiger partial charge is 0.337 e. The maximum Gasteiger partial charge on any atom is 0.263 e. The minimum atomic E-state index is 0.0509. The van der Waals surface area contributed by atoms with E-state index in [1.807, 2.05) is 41.8 Å². The fourth-order valence-electron chi connectivity index (χ4n) is 1.52. The van der Waals surface area contributed by atoms with Gasteiger partial charge in [-0.3, -0.25) is 4.79 Å². The Balaban J connectivity index is 2.04. The molecule has 1 aromatic carbocycles. The lowest BCUT2D eigenvalue weighted by Gasteiger charge is -2.16. The van der Waals surface area contributed by atoms with Gasteiger partial charge in [0.15, 0.2) is 0 Å². The fraction of sp³-hybridized carbons (Fsp3) is 0.154. The van der Waals surface area contributed by atoms with Gasteiger partial charge in [0.1, 0.15) is 0 Å². The van der Waals surface area contributed by atoms with E-state index in [1.165, 1.54) is 11.3 Å². The Hall–Kier alpha value is -1.32. The lowest BCUT2D eigenvalue weighted by atomic mass is 10.2. The lowest BCUT2D eigenvalue weighted by molar-refractivity contribution is 0.0790. The standard InChI is InChI=1S/C13H12ClNOS/c1-15(13(16)12-3-2-8-17-12)9-10-4-6-11(14)7-5-10/h2-8H,9H2,1H3. The number of rotatable bonds is 3. The number of carbonyl (C=O) groups is 1. The zero-order chi connectivity index (χ0) is 12.3. The molecule has 1 amide bonds. The van der Waals surface area contributed by atoms with Crippen molar-refractivity contribution in [2.45, 2.75) is 6.54 Å². The maximum atomic E-state index is 12.0. The Kier molecular flexibility index (Phi) is 3.82. The molecule has 4 heteroatoms. The number of halogens is 1. The molecule has 0 unspecified atom stereocenters. The summed E-state index contributed by atoms with van der Waals surface area (Å²) in [4.78, 5) is 14.5. The average molecular weight is 266 g/mol. The molecule has 1 aromatic heterocycles. The summed E-state index contributed by atoms with van der Waals surface area (Å²) < 4.78 is 0. The predicted molar refractivity (Wildman–Crippen MR) is 71.6 cm³/mol. The molecule has 2 nitrogen and oxygen atoms in total. The normalized spacial score (nSPS) is 10.2. The van der Waals surface area contributed by atoms with Gasteiger partial charge in [0, 0.05) is 18.6 Å². The van der Waals surface area contributed by atoms with Crippen molar-refractivity contribution in [1.82, 2.24) is 4.90 Å². The van der Waals surface area contributed by atoms with Crippen molar-refractivity contribution in [2.24, 2.45) is 0 Å². The molecular formula is C13H12ClNOS. The van der Waals surface area contributed by atoms with Crippen molar-refractivity contribution in [1.29, 1.82) is 0 Å². The summed E-state index contributed by atoms with van der Waals surface area (Å²) >= 11 is 7.27. The minimum absolute atomic E-state index is 0.0509. The molecule has 0 aliphatic carbocycles.